The molecule has 1 atom stereocenters. The second kappa shape index (κ2) is 6.33. The van der Waals surface area contributed by atoms with Crippen LogP contribution in [0.15, 0.2) is 6.07 Å². The first kappa shape index (κ1) is 14.2. The van der Waals surface area contributed by atoms with Gasteiger partial charge in [0.15, 0.2) is 5.01 Å². The summed E-state index contributed by atoms with van der Waals surface area (Å²) in [5, 5.41) is 14.6. The maximum Gasteiger partial charge on any atom is 0.157 e. The Morgan fingerprint density at radius 3 is 2.90 bits per heavy atom. The summed E-state index contributed by atoms with van der Waals surface area (Å²) in [6, 6.07) is 2.69. The van der Waals surface area contributed by atoms with Crippen LogP contribution in [0.4, 0.5) is 0 Å². The van der Waals surface area contributed by atoms with Gasteiger partial charge >= 0.3 is 0 Å². The summed E-state index contributed by atoms with van der Waals surface area (Å²) >= 11 is 3.66. The fourth-order valence-corrected chi connectivity index (χ4v) is 4.93. The molecule has 1 aliphatic rings. The number of nitrogens with one attached hydrogen (secondary N) is 1. The summed E-state index contributed by atoms with van der Waals surface area (Å²) in [6.07, 6.45) is 6.03. The highest BCUT2D eigenvalue weighted by atomic mass is 32.1. The van der Waals surface area contributed by atoms with Crippen LogP contribution >= 0.6 is 22.7 Å². The van der Waals surface area contributed by atoms with Crippen molar-refractivity contribution < 1.29 is 0 Å². The number of hydrogen-bond acceptors (Lipinski definition) is 5. The van der Waals surface area contributed by atoms with Crippen LogP contribution in [-0.2, 0) is 12.8 Å². The molecule has 0 saturated heterocycles. The zero-order valence-corrected chi connectivity index (χ0v) is 13.7. The van der Waals surface area contributed by atoms with Crippen molar-refractivity contribution in [1.82, 2.24) is 15.5 Å². The highest BCUT2D eigenvalue weighted by molar-refractivity contribution is 7.21. The third-order valence-corrected chi connectivity index (χ3v) is 6.19. The Labute approximate surface area is 128 Å². The monoisotopic (exact) mass is 307 g/mol. The zero-order valence-electron chi connectivity index (χ0n) is 12.1. The molecule has 20 heavy (non-hydrogen) atoms. The van der Waals surface area contributed by atoms with Crippen molar-refractivity contribution in [3.63, 3.8) is 0 Å². The fraction of sp³-hybridized carbons (Fsp3) is 0.600. The van der Waals surface area contributed by atoms with Gasteiger partial charge < -0.3 is 5.32 Å². The van der Waals surface area contributed by atoms with Gasteiger partial charge in [0.2, 0.25) is 0 Å². The van der Waals surface area contributed by atoms with Crippen molar-refractivity contribution >= 4 is 22.7 Å². The summed E-state index contributed by atoms with van der Waals surface area (Å²) < 4.78 is 0. The van der Waals surface area contributed by atoms with E-state index in [1.165, 1.54) is 29.7 Å². The van der Waals surface area contributed by atoms with Crippen LogP contribution < -0.4 is 5.32 Å². The molecular weight excluding hydrogens is 286 g/mol. The number of thiophene rings is 1. The lowest BCUT2D eigenvalue weighted by molar-refractivity contribution is 0.513. The van der Waals surface area contributed by atoms with E-state index in [2.05, 4.69) is 35.4 Å². The van der Waals surface area contributed by atoms with Gasteiger partial charge in [0.25, 0.3) is 0 Å². The van der Waals surface area contributed by atoms with E-state index < -0.39 is 0 Å². The molecule has 0 saturated carbocycles. The number of rotatable bonds is 6. The summed E-state index contributed by atoms with van der Waals surface area (Å²) in [4.78, 5) is 2.87. The van der Waals surface area contributed by atoms with Crippen LogP contribution in [0.25, 0.3) is 9.88 Å². The van der Waals surface area contributed by atoms with Crippen LogP contribution in [0.5, 0.6) is 0 Å². The first-order chi connectivity index (χ1) is 9.81. The largest absolute Gasteiger partial charge is 0.308 e. The number of hydrogen-bond donors (Lipinski definition) is 1. The molecule has 0 radical (unpaired) electrons. The van der Waals surface area contributed by atoms with Gasteiger partial charge in [-0.05, 0) is 50.3 Å². The van der Waals surface area contributed by atoms with E-state index >= 15 is 0 Å². The second-order valence-electron chi connectivity index (χ2n) is 5.27. The summed E-state index contributed by atoms with van der Waals surface area (Å²) in [6.45, 7) is 5.44. The molecule has 0 fully saturated rings. The quantitative estimate of drug-likeness (QED) is 0.869. The highest BCUT2D eigenvalue weighted by Crippen LogP contribution is 2.38. The zero-order chi connectivity index (χ0) is 13.9. The molecule has 5 heteroatoms. The van der Waals surface area contributed by atoms with Crippen molar-refractivity contribution in [2.75, 3.05) is 6.54 Å². The molecule has 3 rings (SSSR count). The molecule has 2 aromatic rings. The van der Waals surface area contributed by atoms with Gasteiger partial charge in [-0.15, -0.1) is 21.5 Å². The topological polar surface area (TPSA) is 37.8 Å². The molecule has 0 aromatic carbocycles. The minimum atomic E-state index is 0.355. The number of aromatic nitrogens is 2. The molecule has 3 nitrogen and oxygen atoms in total. The maximum absolute atomic E-state index is 4.42. The molecule has 0 bridgehead atoms. The number of nitrogens with zero attached hydrogens (tertiary/aromatic N) is 2. The van der Waals surface area contributed by atoms with E-state index in [1.807, 2.05) is 11.3 Å². The van der Waals surface area contributed by atoms with Gasteiger partial charge in [0.05, 0.1) is 10.9 Å². The molecule has 1 N–H and O–H groups in total. The van der Waals surface area contributed by atoms with E-state index in [0.29, 0.717) is 6.04 Å². The normalized spacial score (nSPS) is 15.5. The molecule has 1 aliphatic carbocycles. The number of aryl methyl sites for hydroxylation is 2. The van der Waals surface area contributed by atoms with E-state index in [-0.39, 0.29) is 0 Å². The Morgan fingerprint density at radius 2 is 2.15 bits per heavy atom. The van der Waals surface area contributed by atoms with Gasteiger partial charge in [0, 0.05) is 4.88 Å². The second-order valence-corrected chi connectivity index (χ2v) is 7.42. The van der Waals surface area contributed by atoms with Crippen molar-refractivity contribution in [3.05, 3.63) is 21.5 Å². The van der Waals surface area contributed by atoms with Gasteiger partial charge in [-0.2, -0.15) is 0 Å². The van der Waals surface area contributed by atoms with Crippen molar-refractivity contribution in [1.29, 1.82) is 0 Å². The molecule has 0 amide bonds. The molecule has 1 unspecified atom stereocenters. The minimum absolute atomic E-state index is 0.355. The van der Waals surface area contributed by atoms with Crippen LogP contribution in [0.2, 0.25) is 0 Å². The third kappa shape index (κ3) is 2.80. The summed E-state index contributed by atoms with van der Waals surface area (Å²) in [5.74, 6) is 0. The summed E-state index contributed by atoms with van der Waals surface area (Å²) in [5.41, 5.74) is 1.54. The molecule has 2 aromatic heterocycles. The van der Waals surface area contributed by atoms with Gasteiger partial charge in [-0.3, -0.25) is 0 Å². The predicted molar refractivity (Wildman–Crippen MR) is 86.6 cm³/mol. The van der Waals surface area contributed by atoms with Crippen LogP contribution in [0, 0.1) is 0 Å². The molecule has 108 valence electrons. The van der Waals surface area contributed by atoms with Crippen molar-refractivity contribution in [3.8, 4) is 9.88 Å². The average molecular weight is 307 g/mol. The lowest BCUT2D eigenvalue weighted by atomic mass is 10.2. The van der Waals surface area contributed by atoms with Crippen LogP contribution in [0.1, 0.15) is 54.6 Å². The Balaban J connectivity index is 1.78. The lowest BCUT2D eigenvalue weighted by Crippen LogP contribution is -2.21. The molecular formula is C15H21N3S2. The first-order valence-electron chi connectivity index (χ1n) is 7.50. The SMILES string of the molecule is CCCNC(CC)c1nnc(-c2cc3c(s2)CCC3)s1. The van der Waals surface area contributed by atoms with Crippen LogP contribution in [-0.4, -0.2) is 16.7 Å². The van der Waals surface area contributed by atoms with E-state index in [1.54, 1.807) is 16.2 Å². The average Bonchev–Trinajstić information content (AvgIpc) is 3.13. The lowest BCUT2D eigenvalue weighted by Gasteiger charge is -2.12. The van der Waals surface area contributed by atoms with E-state index in [4.69, 9.17) is 0 Å². The Bertz CT molecular complexity index is 552. The number of fused-ring (bicyclic) bond motifs is 1. The third-order valence-electron chi connectivity index (χ3n) is 3.75. The highest BCUT2D eigenvalue weighted by Gasteiger charge is 2.19. The smallest absolute Gasteiger partial charge is 0.157 e. The van der Waals surface area contributed by atoms with E-state index in [9.17, 15) is 0 Å². The first-order valence-corrected chi connectivity index (χ1v) is 9.13. The molecule has 2 heterocycles. The van der Waals surface area contributed by atoms with Gasteiger partial charge in [-0.1, -0.05) is 25.2 Å². The Kier molecular flexibility index (Phi) is 4.48. The molecule has 0 spiro atoms. The summed E-state index contributed by atoms with van der Waals surface area (Å²) in [7, 11) is 0. The van der Waals surface area contributed by atoms with Crippen molar-refractivity contribution in [2.24, 2.45) is 0 Å². The molecule has 0 aliphatic heterocycles. The van der Waals surface area contributed by atoms with Gasteiger partial charge in [0.1, 0.15) is 5.01 Å². The van der Waals surface area contributed by atoms with E-state index in [0.717, 1.165) is 29.4 Å². The Hall–Kier alpha value is -0.780. The predicted octanol–water partition coefficient (Wildman–Crippen LogP) is 4.21. The Morgan fingerprint density at radius 1 is 1.25 bits per heavy atom. The maximum atomic E-state index is 4.42. The van der Waals surface area contributed by atoms with Crippen molar-refractivity contribution in [2.45, 2.75) is 52.0 Å². The fourth-order valence-electron chi connectivity index (χ4n) is 2.63. The van der Waals surface area contributed by atoms with Gasteiger partial charge in [-0.25, -0.2) is 0 Å². The standard InChI is InChI=1S/C15H21N3S2/c1-3-8-16-11(4-2)14-17-18-15(20-14)13-9-10-6-5-7-12(10)19-13/h9,11,16H,3-8H2,1-2H3. The van der Waals surface area contributed by atoms with Crippen LogP contribution in [0.3, 0.4) is 0 Å². The minimum Gasteiger partial charge on any atom is -0.308 e.